The van der Waals surface area contributed by atoms with Gasteiger partial charge in [-0.2, -0.15) is 4.98 Å². The number of halogens is 2. The summed E-state index contributed by atoms with van der Waals surface area (Å²) in [5.74, 6) is -1.65. The molecule has 1 heterocycles. The molecular formula is C12H12F2N2O3S. The van der Waals surface area contributed by atoms with E-state index in [-0.39, 0.29) is 35.2 Å². The summed E-state index contributed by atoms with van der Waals surface area (Å²) >= 11 is 0. The first-order valence-corrected chi connectivity index (χ1v) is 7.67. The van der Waals surface area contributed by atoms with Crippen molar-refractivity contribution >= 4 is 9.84 Å². The highest BCUT2D eigenvalue weighted by Gasteiger charge is 2.16. The smallest absolute Gasteiger partial charge is 0.241 e. The lowest BCUT2D eigenvalue weighted by atomic mass is 10.1. The van der Waals surface area contributed by atoms with E-state index >= 15 is 0 Å². The predicted octanol–water partition coefficient (Wildman–Crippen LogP) is 1.87. The van der Waals surface area contributed by atoms with Crippen LogP contribution in [0.3, 0.4) is 0 Å². The Morgan fingerprint density at radius 2 is 2.05 bits per heavy atom. The molecule has 0 amide bonds. The van der Waals surface area contributed by atoms with Gasteiger partial charge in [0.1, 0.15) is 17.4 Å². The monoisotopic (exact) mass is 302 g/mol. The number of benzene rings is 1. The molecule has 0 saturated heterocycles. The Hall–Kier alpha value is -1.83. The molecule has 2 aromatic rings. The van der Waals surface area contributed by atoms with Gasteiger partial charge in [0, 0.05) is 18.2 Å². The molecule has 0 aliphatic heterocycles. The van der Waals surface area contributed by atoms with E-state index in [1.807, 2.05) is 0 Å². The van der Waals surface area contributed by atoms with Crippen LogP contribution in [-0.4, -0.2) is 24.3 Å². The molecule has 0 spiro atoms. The zero-order valence-electron chi connectivity index (χ0n) is 10.6. The topological polar surface area (TPSA) is 73.1 Å². The van der Waals surface area contributed by atoms with E-state index in [1.54, 1.807) is 0 Å². The van der Waals surface area contributed by atoms with Gasteiger partial charge in [-0.15, -0.1) is 0 Å². The second kappa shape index (κ2) is 5.66. The summed E-state index contributed by atoms with van der Waals surface area (Å²) in [6.45, 7) is 1.51. The molecule has 1 aromatic carbocycles. The number of sulfone groups is 1. The van der Waals surface area contributed by atoms with Crippen molar-refractivity contribution in [2.75, 3.05) is 5.75 Å². The van der Waals surface area contributed by atoms with Crippen LogP contribution in [0.15, 0.2) is 22.7 Å². The largest absolute Gasteiger partial charge is 0.338 e. The molecule has 0 unspecified atom stereocenters. The van der Waals surface area contributed by atoms with Crippen molar-refractivity contribution in [1.29, 1.82) is 0 Å². The van der Waals surface area contributed by atoms with Crippen LogP contribution in [-0.2, 0) is 22.0 Å². The minimum atomic E-state index is -3.27. The third kappa shape index (κ3) is 3.60. The number of rotatable bonds is 5. The molecule has 0 radical (unpaired) electrons. The van der Waals surface area contributed by atoms with E-state index in [1.165, 1.54) is 13.0 Å². The van der Waals surface area contributed by atoms with Crippen LogP contribution in [0.2, 0.25) is 0 Å². The van der Waals surface area contributed by atoms with Gasteiger partial charge in [0.2, 0.25) is 5.89 Å². The average molecular weight is 302 g/mol. The maximum absolute atomic E-state index is 13.4. The van der Waals surface area contributed by atoms with Gasteiger partial charge < -0.3 is 4.52 Å². The fourth-order valence-electron chi connectivity index (χ4n) is 1.55. The maximum atomic E-state index is 13.4. The molecule has 0 fully saturated rings. The van der Waals surface area contributed by atoms with Crippen LogP contribution < -0.4 is 0 Å². The third-order valence-electron chi connectivity index (χ3n) is 2.66. The summed E-state index contributed by atoms with van der Waals surface area (Å²) in [6.07, 6.45) is 0.00177. The summed E-state index contributed by atoms with van der Waals surface area (Å²) in [5, 5.41) is 3.58. The Balaban J connectivity index is 2.13. The van der Waals surface area contributed by atoms with Gasteiger partial charge in [0.05, 0.1) is 0 Å². The van der Waals surface area contributed by atoms with Crippen LogP contribution >= 0.6 is 0 Å². The molecule has 0 atom stereocenters. The van der Waals surface area contributed by atoms with Crippen LogP contribution in [0.4, 0.5) is 8.78 Å². The molecule has 0 N–H and O–H groups in total. The highest BCUT2D eigenvalue weighted by atomic mass is 32.2. The summed E-state index contributed by atoms with van der Waals surface area (Å²) in [4.78, 5) is 3.88. The zero-order valence-corrected chi connectivity index (χ0v) is 11.5. The minimum absolute atomic E-state index is 0.00177. The molecular weight excluding hydrogens is 290 g/mol. The Morgan fingerprint density at radius 1 is 1.30 bits per heavy atom. The summed E-state index contributed by atoms with van der Waals surface area (Å²) in [5.41, 5.74) is 0.206. The maximum Gasteiger partial charge on any atom is 0.241 e. The van der Waals surface area contributed by atoms with E-state index < -0.39 is 21.5 Å². The van der Waals surface area contributed by atoms with Crippen LogP contribution in [0.1, 0.15) is 24.2 Å². The highest BCUT2D eigenvalue weighted by Crippen LogP contribution is 2.14. The van der Waals surface area contributed by atoms with Gasteiger partial charge in [-0.25, -0.2) is 17.2 Å². The van der Waals surface area contributed by atoms with Crippen LogP contribution in [0.5, 0.6) is 0 Å². The summed E-state index contributed by atoms with van der Waals surface area (Å²) < 4.78 is 53.8. The van der Waals surface area contributed by atoms with Crippen LogP contribution in [0, 0.1) is 11.6 Å². The Labute approximate surface area is 114 Å². The first-order chi connectivity index (χ1) is 9.39. The van der Waals surface area contributed by atoms with E-state index in [4.69, 9.17) is 4.52 Å². The lowest BCUT2D eigenvalue weighted by Gasteiger charge is -1.99. The van der Waals surface area contributed by atoms with Crippen molar-refractivity contribution < 1.29 is 21.7 Å². The van der Waals surface area contributed by atoms with Crippen molar-refractivity contribution in [3.63, 3.8) is 0 Å². The molecule has 108 valence electrons. The second-order valence-electron chi connectivity index (χ2n) is 4.19. The zero-order chi connectivity index (χ0) is 14.8. The number of hydrogen-bond donors (Lipinski definition) is 0. The fourth-order valence-corrected chi connectivity index (χ4v) is 2.24. The molecule has 5 nitrogen and oxygen atoms in total. The average Bonchev–Trinajstić information content (AvgIpc) is 2.79. The predicted molar refractivity (Wildman–Crippen MR) is 66.6 cm³/mol. The van der Waals surface area contributed by atoms with E-state index in [9.17, 15) is 17.2 Å². The van der Waals surface area contributed by atoms with Crippen molar-refractivity contribution in [2.24, 2.45) is 0 Å². The minimum Gasteiger partial charge on any atom is -0.338 e. The van der Waals surface area contributed by atoms with Gasteiger partial charge in [-0.1, -0.05) is 18.1 Å². The van der Waals surface area contributed by atoms with Gasteiger partial charge in [0.25, 0.3) is 0 Å². The third-order valence-corrected chi connectivity index (χ3v) is 4.22. The van der Waals surface area contributed by atoms with Crippen molar-refractivity contribution in [3.05, 3.63) is 47.1 Å². The molecule has 1 aromatic heterocycles. The van der Waals surface area contributed by atoms with Crippen molar-refractivity contribution in [3.8, 4) is 0 Å². The summed E-state index contributed by atoms with van der Waals surface area (Å²) in [7, 11) is -3.27. The molecule has 0 bridgehead atoms. The van der Waals surface area contributed by atoms with E-state index in [0.29, 0.717) is 0 Å². The number of hydrogen-bond acceptors (Lipinski definition) is 5. The van der Waals surface area contributed by atoms with E-state index in [0.717, 1.165) is 12.1 Å². The molecule has 20 heavy (non-hydrogen) atoms. The van der Waals surface area contributed by atoms with Crippen molar-refractivity contribution in [2.45, 2.75) is 19.1 Å². The second-order valence-corrected chi connectivity index (χ2v) is 6.55. The Kier molecular flexibility index (Phi) is 4.12. The van der Waals surface area contributed by atoms with E-state index in [2.05, 4.69) is 10.1 Å². The first-order valence-electron chi connectivity index (χ1n) is 5.85. The van der Waals surface area contributed by atoms with Gasteiger partial charge >= 0.3 is 0 Å². The lowest BCUT2D eigenvalue weighted by molar-refractivity contribution is 0.383. The Morgan fingerprint density at radius 3 is 2.70 bits per heavy atom. The SMILES string of the molecule is CCS(=O)(=O)Cc1nc(Cc2ccc(F)cc2F)no1. The number of nitrogens with zero attached hydrogens (tertiary/aromatic N) is 2. The molecule has 8 heteroatoms. The van der Waals surface area contributed by atoms with Gasteiger partial charge in [0.15, 0.2) is 15.7 Å². The highest BCUT2D eigenvalue weighted by molar-refractivity contribution is 7.90. The first kappa shape index (κ1) is 14.6. The lowest BCUT2D eigenvalue weighted by Crippen LogP contribution is -2.06. The molecule has 2 rings (SSSR count). The van der Waals surface area contributed by atoms with Crippen LogP contribution in [0.25, 0.3) is 0 Å². The quantitative estimate of drug-likeness (QED) is 0.843. The number of aromatic nitrogens is 2. The molecule has 0 aliphatic rings. The molecule has 0 aliphatic carbocycles. The molecule has 0 saturated carbocycles. The normalized spacial score (nSPS) is 11.8. The van der Waals surface area contributed by atoms with Gasteiger partial charge in [-0.05, 0) is 11.6 Å². The standard InChI is InChI=1S/C12H12F2N2O3S/c1-2-20(17,18)7-12-15-11(16-19-12)5-8-3-4-9(13)6-10(8)14/h3-4,6H,2,5,7H2,1H3. The Bertz CT molecular complexity index is 713. The summed E-state index contributed by atoms with van der Waals surface area (Å²) in [6, 6.07) is 3.17. The van der Waals surface area contributed by atoms with Gasteiger partial charge in [-0.3, -0.25) is 0 Å². The van der Waals surface area contributed by atoms with Crippen molar-refractivity contribution in [1.82, 2.24) is 10.1 Å². The fraction of sp³-hybridized carbons (Fsp3) is 0.333.